The van der Waals surface area contributed by atoms with Crippen molar-refractivity contribution < 1.29 is 14.3 Å². The highest BCUT2D eigenvalue weighted by Crippen LogP contribution is 2.07. The van der Waals surface area contributed by atoms with Crippen LogP contribution in [-0.4, -0.2) is 11.8 Å². The number of ether oxygens (including phenoxy) is 1. The van der Waals surface area contributed by atoms with Crippen LogP contribution in [0, 0.1) is 0 Å². The molecule has 3 nitrogen and oxygen atoms in total. The van der Waals surface area contributed by atoms with Gasteiger partial charge in [0.2, 0.25) is 0 Å². The third-order valence-corrected chi connectivity index (χ3v) is 3.14. The van der Waals surface area contributed by atoms with Crippen molar-refractivity contribution in [1.29, 1.82) is 0 Å². The second-order valence-electron chi connectivity index (χ2n) is 5.00. The molecule has 0 aromatic heterocycles. The quantitative estimate of drug-likeness (QED) is 0.478. The molecule has 0 aliphatic carbocycles. The fourth-order valence-electron chi connectivity index (χ4n) is 1.90. The first-order valence-electron chi connectivity index (χ1n) is 7.43. The lowest BCUT2D eigenvalue weighted by Crippen LogP contribution is -2.05. The van der Waals surface area contributed by atoms with Crippen LogP contribution in [0.5, 0.6) is 0 Å². The molecule has 0 heterocycles. The van der Waals surface area contributed by atoms with Crippen LogP contribution in [0.3, 0.4) is 0 Å². The number of hydrogen-bond donors (Lipinski definition) is 0. The van der Waals surface area contributed by atoms with Crippen LogP contribution in [0.1, 0.15) is 57.4 Å². The van der Waals surface area contributed by atoms with E-state index in [1.807, 2.05) is 30.3 Å². The molecular weight excluding hydrogens is 252 g/mol. The lowest BCUT2D eigenvalue weighted by molar-refractivity contribution is -0.145. The van der Waals surface area contributed by atoms with Gasteiger partial charge in [0.1, 0.15) is 12.4 Å². The Morgan fingerprint density at radius 2 is 1.60 bits per heavy atom. The molecule has 0 fully saturated rings. The van der Waals surface area contributed by atoms with E-state index < -0.39 is 0 Å². The minimum atomic E-state index is -0.185. The summed E-state index contributed by atoms with van der Waals surface area (Å²) in [5, 5.41) is 0. The van der Waals surface area contributed by atoms with Gasteiger partial charge in [-0.1, -0.05) is 43.7 Å². The molecule has 0 aliphatic heterocycles. The molecule has 0 unspecified atom stereocenters. The summed E-state index contributed by atoms with van der Waals surface area (Å²) < 4.78 is 5.18. The van der Waals surface area contributed by atoms with Crippen LogP contribution < -0.4 is 0 Å². The first-order chi connectivity index (χ1) is 9.72. The lowest BCUT2D eigenvalue weighted by Gasteiger charge is -2.04. The monoisotopic (exact) mass is 276 g/mol. The fraction of sp³-hybridized carbons (Fsp3) is 0.529. The average molecular weight is 276 g/mol. The summed E-state index contributed by atoms with van der Waals surface area (Å²) in [5.74, 6) is 0.124. The molecule has 0 saturated heterocycles. The molecule has 1 aromatic rings. The summed E-state index contributed by atoms with van der Waals surface area (Å²) in [6.45, 7) is 2.41. The van der Waals surface area contributed by atoms with Crippen molar-refractivity contribution in [2.75, 3.05) is 0 Å². The van der Waals surface area contributed by atoms with E-state index in [9.17, 15) is 9.59 Å². The maximum Gasteiger partial charge on any atom is 0.306 e. The predicted molar refractivity (Wildman–Crippen MR) is 79.2 cm³/mol. The Labute approximate surface area is 121 Å². The largest absolute Gasteiger partial charge is 0.461 e. The number of carbonyl (C=O) groups excluding carboxylic acids is 2. The topological polar surface area (TPSA) is 43.4 Å². The maximum atomic E-state index is 11.5. The molecular formula is C17H24O3. The zero-order valence-electron chi connectivity index (χ0n) is 12.3. The van der Waals surface area contributed by atoms with Gasteiger partial charge < -0.3 is 4.74 Å². The second-order valence-corrected chi connectivity index (χ2v) is 5.00. The summed E-state index contributed by atoms with van der Waals surface area (Å²) in [6.07, 6.45) is 5.19. The molecule has 1 aromatic carbocycles. The van der Waals surface area contributed by atoms with Crippen molar-refractivity contribution in [3.8, 4) is 0 Å². The highest BCUT2D eigenvalue weighted by Gasteiger charge is 2.05. The number of unbranched alkanes of at least 4 members (excludes halogenated alkanes) is 2. The first-order valence-corrected chi connectivity index (χ1v) is 7.43. The Morgan fingerprint density at radius 1 is 0.950 bits per heavy atom. The molecule has 0 saturated carbocycles. The van der Waals surface area contributed by atoms with Gasteiger partial charge in [0, 0.05) is 19.3 Å². The van der Waals surface area contributed by atoms with Crippen LogP contribution in [0.25, 0.3) is 0 Å². The van der Waals surface area contributed by atoms with Gasteiger partial charge in [0.25, 0.3) is 0 Å². The Bertz CT molecular complexity index is 398. The third-order valence-electron chi connectivity index (χ3n) is 3.14. The van der Waals surface area contributed by atoms with E-state index in [2.05, 4.69) is 6.92 Å². The van der Waals surface area contributed by atoms with Crippen LogP contribution in [0.15, 0.2) is 30.3 Å². The van der Waals surface area contributed by atoms with E-state index in [1.54, 1.807) is 0 Å². The normalized spacial score (nSPS) is 10.2. The predicted octanol–water partition coefficient (Wildman–Crippen LogP) is 4.05. The maximum absolute atomic E-state index is 11.5. The van der Waals surface area contributed by atoms with E-state index in [0.29, 0.717) is 31.7 Å². The highest BCUT2D eigenvalue weighted by molar-refractivity contribution is 5.78. The van der Waals surface area contributed by atoms with Crippen molar-refractivity contribution in [2.45, 2.75) is 58.5 Å². The van der Waals surface area contributed by atoms with Gasteiger partial charge in [-0.15, -0.1) is 0 Å². The van der Waals surface area contributed by atoms with Crippen LogP contribution in [-0.2, 0) is 20.9 Å². The van der Waals surface area contributed by atoms with Crippen molar-refractivity contribution in [2.24, 2.45) is 0 Å². The Morgan fingerprint density at radius 3 is 2.30 bits per heavy atom. The van der Waals surface area contributed by atoms with Crippen LogP contribution >= 0.6 is 0 Å². The summed E-state index contributed by atoms with van der Waals surface area (Å²) in [5.41, 5.74) is 0.996. The van der Waals surface area contributed by atoms with Crippen LogP contribution in [0.2, 0.25) is 0 Å². The Balaban J connectivity index is 2.04. The first kappa shape index (κ1) is 16.4. The minimum absolute atomic E-state index is 0.185. The van der Waals surface area contributed by atoms with E-state index in [4.69, 9.17) is 4.74 Å². The Kier molecular flexibility index (Phi) is 8.36. The van der Waals surface area contributed by atoms with Gasteiger partial charge in [0.15, 0.2) is 0 Å². The highest BCUT2D eigenvalue weighted by atomic mass is 16.5. The van der Waals surface area contributed by atoms with Crippen molar-refractivity contribution >= 4 is 11.8 Å². The Hall–Kier alpha value is -1.64. The van der Waals surface area contributed by atoms with Gasteiger partial charge in [-0.3, -0.25) is 9.59 Å². The number of ketones is 1. The van der Waals surface area contributed by atoms with E-state index in [0.717, 1.165) is 31.2 Å². The molecule has 0 bridgehead atoms. The zero-order chi connectivity index (χ0) is 14.6. The number of esters is 1. The third kappa shape index (κ3) is 7.72. The van der Waals surface area contributed by atoms with Gasteiger partial charge >= 0.3 is 5.97 Å². The van der Waals surface area contributed by atoms with E-state index >= 15 is 0 Å². The average Bonchev–Trinajstić information content (AvgIpc) is 2.48. The molecule has 0 N–H and O–H groups in total. The second kappa shape index (κ2) is 10.2. The fourth-order valence-corrected chi connectivity index (χ4v) is 1.90. The number of benzene rings is 1. The molecule has 0 spiro atoms. The number of hydrogen-bond acceptors (Lipinski definition) is 3. The van der Waals surface area contributed by atoms with Gasteiger partial charge in [0.05, 0.1) is 0 Å². The smallest absolute Gasteiger partial charge is 0.306 e. The minimum Gasteiger partial charge on any atom is -0.461 e. The van der Waals surface area contributed by atoms with Crippen molar-refractivity contribution in [3.05, 3.63) is 35.9 Å². The molecule has 0 amide bonds. The van der Waals surface area contributed by atoms with E-state index in [-0.39, 0.29) is 5.97 Å². The molecule has 1 rings (SSSR count). The summed E-state index contributed by atoms with van der Waals surface area (Å²) in [4.78, 5) is 23.0. The lowest BCUT2D eigenvalue weighted by atomic mass is 10.1. The van der Waals surface area contributed by atoms with Gasteiger partial charge in [-0.05, 0) is 24.8 Å². The molecule has 110 valence electrons. The number of carbonyl (C=O) groups is 2. The molecule has 20 heavy (non-hydrogen) atoms. The number of Topliss-reactive ketones (excluding diaryl/α,β-unsaturated/α-hetero) is 1. The summed E-state index contributed by atoms with van der Waals surface area (Å²) in [6, 6.07) is 9.64. The van der Waals surface area contributed by atoms with Crippen LogP contribution in [0.4, 0.5) is 0 Å². The van der Waals surface area contributed by atoms with Gasteiger partial charge in [-0.25, -0.2) is 0 Å². The van der Waals surface area contributed by atoms with E-state index in [1.165, 1.54) is 0 Å². The molecule has 0 atom stereocenters. The van der Waals surface area contributed by atoms with Crippen molar-refractivity contribution in [3.63, 3.8) is 0 Å². The molecule has 0 radical (unpaired) electrons. The van der Waals surface area contributed by atoms with Crippen molar-refractivity contribution in [1.82, 2.24) is 0 Å². The standard InChI is InChI=1S/C17H24O3/c1-2-3-11-16(18)12-7-8-13-17(19)20-14-15-9-5-4-6-10-15/h4-6,9-10H,2-3,7-8,11-14H2,1H3. The summed E-state index contributed by atoms with van der Waals surface area (Å²) >= 11 is 0. The van der Waals surface area contributed by atoms with Gasteiger partial charge in [-0.2, -0.15) is 0 Å². The zero-order valence-corrected chi connectivity index (χ0v) is 12.3. The summed E-state index contributed by atoms with van der Waals surface area (Å²) in [7, 11) is 0. The molecule has 0 aliphatic rings. The number of rotatable bonds is 10. The SMILES string of the molecule is CCCCC(=O)CCCCC(=O)OCc1ccccc1. The molecule has 3 heteroatoms.